The third-order valence-electron chi connectivity index (χ3n) is 2.73. The summed E-state index contributed by atoms with van der Waals surface area (Å²) < 4.78 is 10.4. The highest BCUT2D eigenvalue weighted by Gasteiger charge is 2.11. The molecule has 2 N–H and O–H groups in total. The van der Waals surface area contributed by atoms with E-state index in [0.717, 1.165) is 6.42 Å². The number of nitrogens with zero attached hydrogens (tertiary/aromatic N) is 1. The third kappa shape index (κ3) is 7.34. The molecule has 9 heteroatoms. The molecule has 0 spiro atoms. The number of carboxylic acid groups (broad SMARTS) is 1. The van der Waals surface area contributed by atoms with E-state index >= 15 is 0 Å². The predicted octanol–water partition coefficient (Wildman–Crippen LogP) is -0.810. The fourth-order valence-corrected chi connectivity index (χ4v) is 1.66. The Hall–Kier alpha value is -3.10. The summed E-state index contributed by atoms with van der Waals surface area (Å²) in [7, 11) is 0. The molecule has 1 aromatic rings. The Morgan fingerprint density at radius 2 is 1.92 bits per heavy atom. The minimum absolute atomic E-state index is 0.242. The number of carbonyl (C=O) groups excluding carboxylic acids is 3. The first-order chi connectivity index (χ1) is 12.0. The summed E-state index contributed by atoms with van der Waals surface area (Å²) in [5.41, 5.74) is 2.66. The SMILES string of the molecule is CCCNC(=O)C(=O)N/N=C\c1ccc(OCC(=O)[O-])c(OCC)c1. The van der Waals surface area contributed by atoms with Gasteiger partial charge in [-0.25, -0.2) is 5.43 Å². The van der Waals surface area contributed by atoms with Crippen LogP contribution in [0.3, 0.4) is 0 Å². The Labute approximate surface area is 145 Å². The summed E-state index contributed by atoms with van der Waals surface area (Å²) >= 11 is 0. The Morgan fingerprint density at radius 1 is 1.16 bits per heavy atom. The van der Waals surface area contributed by atoms with E-state index in [0.29, 0.717) is 24.5 Å². The number of aliphatic carboxylic acids is 1. The van der Waals surface area contributed by atoms with Gasteiger partial charge in [-0.1, -0.05) is 6.92 Å². The van der Waals surface area contributed by atoms with Crippen molar-refractivity contribution < 1.29 is 29.0 Å². The van der Waals surface area contributed by atoms with Gasteiger partial charge in [-0.2, -0.15) is 5.10 Å². The maximum atomic E-state index is 11.5. The van der Waals surface area contributed by atoms with Crippen LogP contribution in [0.4, 0.5) is 0 Å². The molecule has 0 fully saturated rings. The highest BCUT2D eigenvalue weighted by Crippen LogP contribution is 2.27. The van der Waals surface area contributed by atoms with E-state index < -0.39 is 24.4 Å². The predicted molar refractivity (Wildman–Crippen MR) is 87.2 cm³/mol. The lowest BCUT2D eigenvalue weighted by atomic mass is 10.2. The normalized spacial score (nSPS) is 10.3. The van der Waals surface area contributed by atoms with E-state index in [4.69, 9.17) is 9.47 Å². The molecule has 0 aliphatic carbocycles. The molecule has 0 aliphatic rings. The molecule has 0 aromatic heterocycles. The van der Waals surface area contributed by atoms with E-state index in [1.54, 1.807) is 19.1 Å². The second-order valence-corrected chi connectivity index (χ2v) is 4.75. The van der Waals surface area contributed by atoms with Gasteiger partial charge in [0.25, 0.3) is 0 Å². The van der Waals surface area contributed by atoms with Gasteiger partial charge in [-0.3, -0.25) is 9.59 Å². The Morgan fingerprint density at radius 3 is 2.56 bits per heavy atom. The Bertz CT molecular complexity index is 645. The van der Waals surface area contributed by atoms with Crippen molar-refractivity contribution in [2.24, 2.45) is 5.10 Å². The van der Waals surface area contributed by atoms with Gasteiger partial charge in [0, 0.05) is 6.54 Å². The van der Waals surface area contributed by atoms with E-state index in [9.17, 15) is 19.5 Å². The lowest BCUT2D eigenvalue weighted by molar-refractivity contribution is -0.307. The number of rotatable bonds is 9. The van der Waals surface area contributed by atoms with Crippen molar-refractivity contribution in [1.82, 2.24) is 10.7 Å². The number of carboxylic acids is 1. The molecule has 1 aromatic carbocycles. The van der Waals surface area contributed by atoms with Crippen LogP contribution in [-0.2, 0) is 14.4 Å². The summed E-state index contributed by atoms with van der Waals surface area (Å²) in [6, 6.07) is 4.64. The second kappa shape index (κ2) is 10.6. The summed E-state index contributed by atoms with van der Waals surface area (Å²) in [6.45, 7) is 3.78. The van der Waals surface area contributed by atoms with Gasteiger partial charge in [0.15, 0.2) is 11.5 Å². The number of hydrogen-bond donors (Lipinski definition) is 2. The topological polar surface area (TPSA) is 129 Å². The summed E-state index contributed by atoms with van der Waals surface area (Å²) in [4.78, 5) is 33.3. The average molecular weight is 350 g/mol. The van der Waals surface area contributed by atoms with Crippen molar-refractivity contribution in [2.75, 3.05) is 19.8 Å². The molecule has 9 nitrogen and oxygen atoms in total. The molecule has 0 unspecified atom stereocenters. The van der Waals surface area contributed by atoms with E-state index in [1.165, 1.54) is 12.3 Å². The van der Waals surface area contributed by atoms with Crippen LogP contribution in [0.15, 0.2) is 23.3 Å². The zero-order chi connectivity index (χ0) is 18.7. The molecule has 2 amide bonds. The van der Waals surface area contributed by atoms with Gasteiger partial charge in [-0.05, 0) is 37.1 Å². The second-order valence-electron chi connectivity index (χ2n) is 4.75. The monoisotopic (exact) mass is 350 g/mol. The average Bonchev–Trinajstić information content (AvgIpc) is 2.58. The number of hydrogen-bond acceptors (Lipinski definition) is 7. The number of nitrogens with one attached hydrogen (secondary N) is 2. The number of amides is 2. The van der Waals surface area contributed by atoms with Gasteiger partial charge < -0.3 is 24.7 Å². The van der Waals surface area contributed by atoms with Gasteiger partial charge in [-0.15, -0.1) is 0 Å². The summed E-state index contributed by atoms with van der Waals surface area (Å²) in [6.07, 6.45) is 2.03. The number of hydrazone groups is 1. The minimum Gasteiger partial charge on any atom is -0.546 e. The summed E-state index contributed by atoms with van der Waals surface area (Å²) in [5.74, 6) is -2.42. The van der Waals surface area contributed by atoms with Crippen molar-refractivity contribution >= 4 is 24.0 Å². The van der Waals surface area contributed by atoms with Crippen LogP contribution in [0.1, 0.15) is 25.8 Å². The quantitative estimate of drug-likeness (QED) is 0.340. The minimum atomic E-state index is -1.35. The van der Waals surface area contributed by atoms with Crippen molar-refractivity contribution in [1.29, 1.82) is 0 Å². The van der Waals surface area contributed by atoms with Crippen molar-refractivity contribution in [3.8, 4) is 11.5 Å². The number of carbonyl (C=O) groups is 3. The fourth-order valence-electron chi connectivity index (χ4n) is 1.66. The molecule has 0 heterocycles. The van der Waals surface area contributed by atoms with Crippen molar-refractivity contribution in [3.05, 3.63) is 23.8 Å². The standard InChI is InChI=1S/C16H21N3O6/c1-3-7-17-15(22)16(23)19-18-9-11-5-6-12(25-10-14(20)21)13(8-11)24-4-2/h5-6,8-9H,3-4,7,10H2,1-2H3,(H,17,22)(H,19,23)(H,20,21)/p-1/b18-9-. The Kier molecular flexibility index (Phi) is 8.48. The molecular weight excluding hydrogens is 330 g/mol. The largest absolute Gasteiger partial charge is 0.546 e. The third-order valence-corrected chi connectivity index (χ3v) is 2.73. The number of ether oxygens (including phenoxy) is 2. The molecule has 0 saturated heterocycles. The molecule has 0 saturated carbocycles. The van der Waals surface area contributed by atoms with Crippen LogP contribution in [-0.4, -0.2) is 43.8 Å². The molecule has 0 atom stereocenters. The van der Waals surface area contributed by atoms with Gasteiger partial charge in [0.05, 0.1) is 18.8 Å². The smallest absolute Gasteiger partial charge is 0.329 e. The van der Waals surface area contributed by atoms with E-state index in [1.807, 2.05) is 6.92 Å². The lowest BCUT2D eigenvalue weighted by Gasteiger charge is -2.12. The molecule has 0 radical (unpaired) electrons. The molecule has 0 bridgehead atoms. The highest BCUT2D eigenvalue weighted by atomic mass is 16.5. The highest BCUT2D eigenvalue weighted by molar-refractivity contribution is 6.35. The first-order valence-electron chi connectivity index (χ1n) is 7.68. The zero-order valence-electron chi connectivity index (χ0n) is 14.0. The molecule has 25 heavy (non-hydrogen) atoms. The van der Waals surface area contributed by atoms with E-state index in [-0.39, 0.29) is 5.75 Å². The van der Waals surface area contributed by atoms with Crippen LogP contribution in [0.2, 0.25) is 0 Å². The summed E-state index contributed by atoms with van der Waals surface area (Å²) in [5, 5.41) is 16.6. The maximum Gasteiger partial charge on any atom is 0.329 e. The molecule has 0 aliphatic heterocycles. The van der Waals surface area contributed by atoms with Crippen LogP contribution < -0.4 is 25.3 Å². The molecule has 1 rings (SSSR count). The van der Waals surface area contributed by atoms with Crippen LogP contribution in [0.25, 0.3) is 0 Å². The van der Waals surface area contributed by atoms with Crippen molar-refractivity contribution in [3.63, 3.8) is 0 Å². The molecular formula is C16H20N3O6-. The Balaban J connectivity index is 2.71. The fraction of sp³-hybridized carbons (Fsp3) is 0.375. The van der Waals surface area contributed by atoms with Crippen LogP contribution in [0.5, 0.6) is 11.5 Å². The first-order valence-corrected chi connectivity index (χ1v) is 7.68. The van der Waals surface area contributed by atoms with Gasteiger partial charge in [0.1, 0.15) is 6.61 Å². The van der Waals surface area contributed by atoms with Crippen LogP contribution in [0, 0.1) is 0 Å². The van der Waals surface area contributed by atoms with Gasteiger partial charge >= 0.3 is 11.8 Å². The molecule has 136 valence electrons. The van der Waals surface area contributed by atoms with Crippen LogP contribution >= 0.6 is 0 Å². The van der Waals surface area contributed by atoms with Gasteiger partial charge in [0.2, 0.25) is 0 Å². The zero-order valence-corrected chi connectivity index (χ0v) is 14.0. The first kappa shape index (κ1) is 19.9. The maximum absolute atomic E-state index is 11.5. The van der Waals surface area contributed by atoms with Crippen molar-refractivity contribution in [2.45, 2.75) is 20.3 Å². The number of benzene rings is 1. The van der Waals surface area contributed by atoms with E-state index in [2.05, 4.69) is 15.8 Å². The lowest BCUT2D eigenvalue weighted by Crippen LogP contribution is -2.38.